The molecule has 3 aromatic rings. The number of amides is 1. The monoisotopic (exact) mass is 345 g/mol. The molecule has 24 heavy (non-hydrogen) atoms. The smallest absolute Gasteiger partial charge is 0.301 e. The molecule has 3 rings (SSSR count). The van der Waals surface area contributed by atoms with Gasteiger partial charge >= 0.3 is 5.91 Å². The molecule has 0 saturated carbocycles. The average Bonchev–Trinajstić information content (AvgIpc) is 3.11. The van der Waals surface area contributed by atoms with Gasteiger partial charge in [0.05, 0.1) is 16.8 Å². The minimum Gasteiger partial charge on any atom is -0.380 e. The van der Waals surface area contributed by atoms with Crippen LogP contribution in [-0.2, 0) is 11.3 Å². The summed E-state index contributed by atoms with van der Waals surface area (Å²) in [7, 11) is 0. The molecule has 0 fully saturated rings. The molecule has 126 valence electrons. The predicted molar refractivity (Wildman–Crippen MR) is 92.2 cm³/mol. The number of carbonyl (C=O) groups excluding carboxylic acids is 1. The van der Waals surface area contributed by atoms with Crippen LogP contribution in [0.4, 0.5) is 0 Å². The lowest BCUT2D eigenvalue weighted by molar-refractivity contribution is 0.0988. The van der Waals surface area contributed by atoms with Crippen molar-refractivity contribution >= 4 is 27.5 Å². The van der Waals surface area contributed by atoms with Crippen LogP contribution in [0.3, 0.4) is 0 Å². The molecule has 0 spiro atoms. The molecule has 0 N–H and O–H groups in total. The molecule has 0 unspecified atom stereocenters. The van der Waals surface area contributed by atoms with E-state index in [0.717, 1.165) is 10.2 Å². The van der Waals surface area contributed by atoms with Gasteiger partial charge in [0.15, 0.2) is 10.5 Å². The van der Waals surface area contributed by atoms with E-state index in [4.69, 9.17) is 9.26 Å². The number of benzene rings is 1. The first-order valence-corrected chi connectivity index (χ1v) is 8.60. The fraction of sp³-hybridized carbons (Fsp3) is 0.353. The number of thiazole rings is 1. The van der Waals surface area contributed by atoms with Crippen LogP contribution < -0.4 is 4.80 Å². The number of carbonyl (C=O) groups is 1. The molecule has 2 aromatic heterocycles. The lowest BCUT2D eigenvalue weighted by Crippen LogP contribution is -2.19. The van der Waals surface area contributed by atoms with Crippen molar-refractivity contribution < 1.29 is 14.1 Å². The van der Waals surface area contributed by atoms with E-state index in [1.54, 1.807) is 13.0 Å². The van der Waals surface area contributed by atoms with Crippen molar-refractivity contribution in [1.29, 1.82) is 0 Å². The Morgan fingerprint density at radius 1 is 1.38 bits per heavy atom. The zero-order valence-corrected chi connectivity index (χ0v) is 14.7. The van der Waals surface area contributed by atoms with E-state index in [9.17, 15) is 4.79 Å². The van der Waals surface area contributed by atoms with Gasteiger partial charge in [0.1, 0.15) is 5.76 Å². The van der Waals surface area contributed by atoms with Crippen molar-refractivity contribution in [2.75, 3.05) is 13.2 Å². The van der Waals surface area contributed by atoms with Gasteiger partial charge in [-0.05, 0) is 38.5 Å². The molecular formula is C17H19N3O3S. The Morgan fingerprint density at radius 2 is 2.21 bits per heavy atom. The second-order valence-electron chi connectivity index (χ2n) is 5.44. The van der Waals surface area contributed by atoms with E-state index in [-0.39, 0.29) is 5.69 Å². The second kappa shape index (κ2) is 7.11. The molecule has 0 saturated heterocycles. The van der Waals surface area contributed by atoms with Gasteiger partial charge < -0.3 is 13.8 Å². The predicted octanol–water partition coefficient (Wildman–Crippen LogP) is 3.09. The molecule has 0 aliphatic carbocycles. The average molecular weight is 345 g/mol. The third-order valence-corrected chi connectivity index (χ3v) is 4.59. The highest BCUT2D eigenvalue weighted by Crippen LogP contribution is 2.19. The Kier molecular flexibility index (Phi) is 4.92. The van der Waals surface area contributed by atoms with Crippen molar-refractivity contribution in [2.45, 2.75) is 27.3 Å². The Balaban J connectivity index is 2.06. The minimum atomic E-state index is -0.403. The van der Waals surface area contributed by atoms with Crippen LogP contribution in [0.25, 0.3) is 10.2 Å². The van der Waals surface area contributed by atoms with Gasteiger partial charge in [-0.2, -0.15) is 4.99 Å². The van der Waals surface area contributed by atoms with Crippen LogP contribution in [0.15, 0.2) is 33.8 Å². The number of nitrogens with zero attached hydrogens (tertiary/aromatic N) is 3. The molecule has 0 aliphatic rings. The maximum Gasteiger partial charge on any atom is 0.301 e. The first kappa shape index (κ1) is 16.6. The molecule has 0 radical (unpaired) electrons. The highest BCUT2D eigenvalue weighted by Gasteiger charge is 2.12. The van der Waals surface area contributed by atoms with Crippen LogP contribution in [0.2, 0.25) is 0 Å². The van der Waals surface area contributed by atoms with E-state index < -0.39 is 5.91 Å². The van der Waals surface area contributed by atoms with Crippen molar-refractivity contribution in [3.63, 3.8) is 0 Å². The number of ether oxygens (including phenoxy) is 1. The lowest BCUT2D eigenvalue weighted by Gasteiger charge is -2.05. The molecule has 2 heterocycles. The SMILES string of the molecule is CCOCCn1c(=NC(=O)c2cc(C)on2)sc2cc(C)ccc21. The van der Waals surface area contributed by atoms with Crippen LogP contribution in [0.1, 0.15) is 28.7 Å². The topological polar surface area (TPSA) is 69.6 Å². The van der Waals surface area contributed by atoms with Crippen molar-refractivity contribution in [2.24, 2.45) is 4.99 Å². The van der Waals surface area contributed by atoms with Gasteiger partial charge in [0, 0.05) is 19.2 Å². The van der Waals surface area contributed by atoms with E-state index in [1.165, 1.54) is 16.9 Å². The summed E-state index contributed by atoms with van der Waals surface area (Å²) in [6.45, 7) is 7.62. The van der Waals surface area contributed by atoms with E-state index >= 15 is 0 Å². The molecule has 1 aromatic carbocycles. The maximum atomic E-state index is 12.3. The number of aromatic nitrogens is 2. The largest absolute Gasteiger partial charge is 0.380 e. The summed E-state index contributed by atoms with van der Waals surface area (Å²) in [5.41, 5.74) is 2.44. The van der Waals surface area contributed by atoms with E-state index in [0.29, 0.717) is 30.3 Å². The van der Waals surface area contributed by atoms with Gasteiger partial charge in [0.25, 0.3) is 0 Å². The highest BCUT2D eigenvalue weighted by atomic mass is 32.1. The van der Waals surface area contributed by atoms with Crippen LogP contribution in [0, 0.1) is 13.8 Å². The summed E-state index contributed by atoms with van der Waals surface area (Å²) < 4.78 is 13.5. The van der Waals surface area contributed by atoms with Gasteiger partial charge in [-0.25, -0.2) is 0 Å². The number of hydrogen-bond donors (Lipinski definition) is 0. The van der Waals surface area contributed by atoms with Crippen molar-refractivity contribution in [1.82, 2.24) is 9.72 Å². The van der Waals surface area contributed by atoms with Crippen molar-refractivity contribution in [3.8, 4) is 0 Å². The first-order valence-electron chi connectivity index (χ1n) is 7.78. The molecule has 0 aliphatic heterocycles. The number of aryl methyl sites for hydroxylation is 2. The summed E-state index contributed by atoms with van der Waals surface area (Å²) >= 11 is 1.49. The first-order chi connectivity index (χ1) is 11.6. The van der Waals surface area contributed by atoms with E-state index in [2.05, 4.69) is 28.3 Å². The normalized spacial score (nSPS) is 12.2. The summed E-state index contributed by atoms with van der Waals surface area (Å²) in [5, 5.41) is 3.74. The minimum absolute atomic E-state index is 0.220. The van der Waals surface area contributed by atoms with Gasteiger partial charge in [0.2, 0.25) is 0 Å². The Morgan fingerprint density at radius 3 is 2.92 bits per heavy atom. The molecular weight excluding hydrogens is 326 g/mol. The third kappa shape index (κ3) is 3.47. The second-order valence-corrected chi connectivity index (χ2v) is 6.45. The Labute approximate surface area is 143 Å². The van der Waals surface area contributed by atoms with Gasteiger partial charge in [-0.3, -0.25) is 4.79 Å². The van der Waals surface area contributed by atoms with Crippen LogP contribution in [0.5, 0.6) is 0 Å². The number of rotatable bonds is 5. The van der Waals surface area contributed by atoms with Crippen molar-refractivity contribution in [3.05, 3.63) is 46.1 Å². The molecule has 0 atom stereocenters. The standard InChI is InChI=1S/C17H19N3O3S/c1-4-22-8-7-20-14-6-5-11(2)9-15(14)24-17(20)18-16(21)13-10-12(3)23-19-13/h5-6,9-10H,4,7-8H2,1-3H3. The van der Waals surface area contributed by atoms with Gasteiger partial charge in [-0.15, -0.1) is 0 Å². The summed E-state index contributed by atoms with van der Waals surface area (Å²) in [6.07, 6.45) is 0. The Hall–Kier alpha value is -2.25. The molecule has 7 heteroatoms. The van der Waals surface area contributed by atoms with Crippen LogP contribution in [-0.4, -0.2) is 28.8 Å². The summed E-state index contributed by atoms with van der Waals surface area (Å²) in [5.74, 6) is 0.185. The molecule has 1 amide bonds. The summed E-state index contributed by atoms with van der Waals surface area (Å²) in [6, 6.07) is 7.80. The zero-order valence-electron chi connectivity index (χ0n) is 13.9. The Bertz CT molecular complexity index is 936. The van der Waals surface area contributed by atoms with Crippen LogP contribution >= 0.6 is 11.3 Å². The number of fused-ring (bicyclic) bond motifs is 1. The van der Waals surface area contributed by atoms with E-state index in [1.807, 2.05) is 18.4 Å². The fourth-order valence-electron chi connectivity index (χ4n) is 2.39. The van der Waals surface area contributed by atoms with Gasteiger partial charge in [-0.1, -0.05) is 22.6 Å². The quantitative estimate of drug-likeness (QED) is 0.666. The maximum absolute atomic E-state index is 12.3. The molecule has 0 bridgehead atoms. The highest BCUT2D eigenvalue weighted by molar-refractivity contribution is 7.16. The summed E-state index contributed by atoms with van der Waals surface area (Å²) in [4.78, 5) is 17.2. The fourth-order valence-corrected chi connectivity index (χ4v) is 3.55. The lowest BCUT2D eigenvalue weighted by atomic mass is 10.2. The third-order valence-electron chi connectivity index (χ3n) is 3.55. The number of hydrogen-bond acceptors (Lipinski definition) is 5. The zero-order chi connectivity index (χ0) is 17.1. The molecule has 6 nitrogen and oxygen atoms in total.